The standard InChI is InChI=1S/C13H8F2N4O3/c14-13(15)19-4-3-8(18-19)12-17-16-11(22-12)7-1-2-9-10(5-7)21-6-20-9/h1-5,13H,6H2. The molecule has 112 valence electrons. The van der Waals surface area contributed by atoms with Gasteiger partial charge in [0.15, 0.2) is 11.5 Å². The normalized spacial score (nSPS) is 13.0. The molecule has 3 aromatic rings. The molecule has 0 atom stereocenters. The van der Waals surface area contributed by atoms with Crippen LogP contribution < -0.4 is 9.47 Å². The van der Waals surface area contributed by atoms with Crippen LogP contribution in [0.15, 0.2) is 34.9 Å². The third-order valence-corrected chi connectivity index (χ3v) is 3.07. The number of aromatic nitrogens is 4. The topological polar surface area (TPSA) is 75.2 Å². The Balaban J connectivity index is 1.66. The Morgan fingerprint density at radius 1 is 1.05 bits per heavy atom. The Morgan fingerprint density at radius 3 is 2.68 bits per heavy atom. The molecule has 0 fully saturated rings. The number of rotatable bonds is 3. The van der Waals surface area contributed by atoms with Gasteiger partial charge in [-0.3, -0.25) is 0 Å². The molecule has 0 spiro atoms. The van der Waals surface area contributed by atoms with Gasteiger partial charge in [-0.25, -0.2) is 4.68 Å². The number of nitrogens with zero attached hydrogens (tertiary/aromatic N) is 4. The smallest absolute Gasteiger partial charge is 0.333 e. The molecule has 0 saturated carbocycles. The summed E-state index contributed by atoms with van der Waals surface area (Å²) in [4.78, 5) is 0. The minimum Gasteiger partial charge on any atom is -0.454 e. The van der Waals surface area contributed by atoms with Crippen molar-refractivity contribution in [1.29, 1.82) is 0 Å². The number of alkyl halides is 2. The van der Waals surface area contributed by atoms with E-state index in [4.69, 9.17) is 13.9 Å². The zero-order valence-corrected chi connectivity index (χ0v) is 10.9. The Morgan fingerprint density at radius 2 is 1.86 bits per heavy atom. The van der Waals surface area contributed by atoms with Crippen molar-refractivity contribution in [3.63, 3.8) is 0 Å². The molecule has 7 nitrogen and oxygen atoms in total. The Hall–Kier alpha value is -2.97. The van der Waals surface area contributed by atoms with E-state index in [9.17, 15) is 8.78 Å². The maximum atomic E-state index is 12.5. The molecular weight excluding hydrogens is 298 g/mol. The summed E-state index contributed by atoms with van der Waals surface area (Å²) in [5.41, 5.74) is 0.816. The van der Waals surface area contributed by atoms with Gasteiger partial charge < -0.3 is 13.9 Å². The van der Waals surface area contributed by atoms with E-state index in [1.807, 2.05) is 0 Å². The lowest BCUT2D eigenvalue weighted by Crippen LogP contribution is -1.98. The number of fused-ring (bicyclic) bond motifs is 1. The number of hydrogen-bond acceptors (Lipinski definition) is 6. The molecule has 1 aromatic carbocycles. The molecule has 22 heavy (non-hydrogen) atoms. The molecule has 0 bridgehead atoms. The summed E-state index contributed by atoms with van der Waals surface area (Å²) in [6, 6.07) is 6.55. The van der Waals surface area contributed by atoms with Crippen molar-refractivity contribution < 1.29 is 22.7 Å². The SMILES string of the molecule is FC(F)n1ccc(-c2nnc(-c3ccc4c(c3)OCO4)o2)n1. The van der Waals surface area contributed by atoms with Crippen LogP contribution in [0.4, 0.5) is 8.78 Å². The summed E-state index contributed by atoms with van der Waals surface area (Å²) >= 11 is 0. The average Bonchev–Trinajstić information content (AvgIpc) is 3.25. The highest BCUT2D eigenvalue weighted by Gasteiger charge is 2.18. The van der Waals surface area contributed by atoms with Crippen molar-refractivity contribution in [2.24, 2.45) is 0 Å². The van der Waals surface area contributed by atoms with Crippen molar-refractivity contribution in [2.75, 3.05) is 6.79 Å². The molecule has 3 heterocycles. The van der Waals surface area contributed by atoms with Crippen LogP contribution in [-0.4, -0.2) is 26.8 Å². The van der Waals surface area contributed by atoms with Crippen LogP contribution in [0.5, 0.6) is 11.5 Å². The number of halogens is 2. The number of hydrogen-bond donors (Lipinski definition) is 0. The predicted molar refractivity (Wildman–Crippen MR) is 68.3 cm³/mol. The first kappa shape index (κ1) is 12.7. The van der Waals surface area contributed by atoms with E-state index < -0.39 is 6.55 Å². The molecule has 0 aliphatic carbocycles. The number of ether oxygens (including phenoxy) is 2. The zero-order chi connectivity index (χ0) is 15.1. The first-order valence-corrected chi connectivity index (χ1v) is 6.28. The summed E-state index contributed by atoms with van der Waals surface area (Å²) in [5, 5.41) is 11.4. The largest absolute Gasteiger partial charge is 0.454 e. The molecule has 0 saturated heterocycles. The van der Waals surface area contributed by atoms with Gasteiger partial charge in [0, 0.05) is 11.8 Å². The fourth-order valence-electron chi connectivity index (χ4n) is 2.03. The van der Waals surface area contributed by atoms with E-state index in [2.05, 4.69) is 15.3 Å². The first-order valence-electron chi connectivity index (χ1n) is 6.28. The maximum absolute atomic E-state index is 12.5. The summed E-state index contributed by atoms with van der Waals surface area (Å²) in [5.74, 6) is 1.52. The van der Waals surface area contributed by atoms with Gasteiger partial charge in [-0.1, -0.05) is 0 Å². The van der Waals surface area contributed by atoms with E-state index in [1.165, 1.54) is 6.07 Å². The van der Waals surface area contributed by atoms with Crippen molar-refractivity contribution >= 4 is 0 Å². The van der Waals surface area contributed by atoms with Crippen molar-refractivity contribution in [2.45, 2.75) is 6.55 Å². The van der Waals surface area contributed by atoms with Gasteiger partial charge in [0.2, 0.25) is 12.7 Å². The van der Waals surface area contributed by atoms with E-state index in [-0.39, 0.29) is 24.3 Å². The second kappa shape index (κ2) is 4.79. The lowest BCUT2D eigenvalue weighted by molar-refractivity contribution is 0.0568. The molecule has 1 aliphatic heterocycles. The van der Waals surface area contributed by atoms with E-state index in [0.717, 1.165) is 6.20 Å². The summed E-state index contributed by atoms with van der Waals surface area (Å²) in [7, 11) is 0. The molecule has 4 rings (SSSR count). The summed E-state index contributed by atoms with van der Waals surface area (Å²) in [6.45, 7) is -2.55. The van der Waals surface area contributed by atoms with Crippen LogP contribution in [-0.2, 0) is 0 Å². The van der Waals surface area contributed by atoms with Gasteiger partial charge >= 0.3 is 6.55 Å². The van der Waals surface area contributed by atoms with E-state index in [1.54, 1.807) is 18.2 Å². The first-order chi connectivity index (χ1) is 10.7. The molecule has 2 aromatic heterocycles. The van der Waals surface area contributed by atoms with E-state index in [0.29, 0.717) is 21.7 Å². The zero-order valence-electron chi connectivity index (χ0n) is 10.9. The van der Waals surface area contributed by atoms with Crippen LogP contribution in [0.2, 0.25) is 0 Å². The highest BCUT2D eigenvalue weighted by atomic mass is 19.3. The van der Waals surface area contributed by atoms with Crippen molar-refractivity contribution in [3.05, 3.63) is 30.5 Å². The summed E-state index contributed by atoms with van der Waals surface area (Å²) in [6.07, 6.45) is 1.14. The highest BCUT2D eigenvalue weighted by molar-refractivity contribution is 5.61. The third-order valence-electron chi connectivity index (χ3n) is 3.07. The molecule has 0 amide bonds. The maximum Gasteiger partial charge on any atom is 0.333 e. The molecule has 0 unspecified atom stereocenters. The molecular formula is C13H8F2N4O3. The number of benzene rings is 1. The van der Waals surface area contributed by atoms with Crippen LogP contribution in [0.1, 0.15) is 6.55 Å². The van der Waals surface area contributed by atoms with Gasteiger partial charge in [0.05, 0.1) is 0 Å². The van der Waals surface area contributed by atoms with Gasteiger partial charge in [0.25, 0.3) is 5.89 Å². The summed E-state index contributed by atoms with van der Waals surface area (Å²) < 4.78 is 41.5. The molecule has 0 N–H and O–H groups in total. The molecule has 1 aliphatic rings. The Labute approximate surface area is 122 Å². The molecule has 9 heteroatoms. The minimum atomic E-state index is -2.72. The van der Waals surface area contributed by atoms with Gasteiger partial charge in [0.1, 0.15) is 5.69 Å². The van der Waals surface area contributed by atoms with Crippen LogP contribution in [0.3, 0.4) is 0 Å². The fourth-order valence-corrected chi connectivity index (χ4v) is 2.03. The monoisotopic (exact) mass is 306 g/mol. The van der Waals surface area contributed by atoms with E-state index >= 15 is 0 Å². The highest BCUT2D eigenvalue weighted by Crippen LogP contribution is 2.36. The Bertz CT molecular complexity index is 830. The predicted octanol–water partition coefficient (Wildman–Crippen LogP) is 2.72. The second-order valence-corrected chi connectivity index (χ2v) is 4.44. The lowest BCUT2D eigenvalue weighted by Gasteiger charge is -1.97. The Kier molecular flexibility index (Phi) is 2.78. The van der Waals surface area contributed by atoms with Crippen LogP contribution >= 0.6 is 0 Å². The van der Waals surface area contributed by atoms with Crippen LogP contribution in [0.25, 0.3) is 23.0 Å². The van der Waals surface area contributed by atoms with Gasteiger partial charge in [-0.15, -0.1) is 10.2 Å². The quantitative estimate of drug-likeness (QED) is 0.740. The fraction of sp³-hybridized carbons (Fsp3) is 0.154. The van der Waals surface area contributed by atoms with Gasteiger partial charge in [-0.2, -0.15) is 13.9 Å². The van der Waals surface area contributed by atoms with Crippen LogP contribution in [0, 0.1) is 0 Å². The van der Waals surface area contributed by atoms with Gasteiger partial charge in [-0.05, 0) is 24.3 Å². The second-order valence-electron chi connectivity index (χ2n) is 4.44. The molecule has 0 radical (unpaired) electrons. The lowest BCUT2D eigenvalue weighted by atomic mass is 10.2. The minimum absolute atomic E-state index is 0.0621. The average molecular weight is 306 g/mol. The third kappa shape index (κ3) is 2.07. The van der Waals surface area contributed by atoms with Crippen molar-refractivity contribution in [3.8, 4) is 34.5 Å². The van der Waals surface area contributed by atoms with Crippen molar-refractivity contribution in [1.82, 2.24) is 20.0 Å².